The molecule has 3 aliphatic rings. The van der Waals surface area contributed by atoms with Crippen molar-refractivity contribution >= 4 is 35.2 Å². The molecule has 0 radical (unpaired) electrons. The minimum Gasteiger partial charge on any atom is -0.465 e. The van der Waals surface area contributed by atoms with E-state index >= 15 is 0 Å². The number of hydrogen-bond donors (Lipinski definition) is 1. The maximum Gasteiger partial charge on any atom is 0.310 e. The molecule has 6 atom stereocenters. The molecule has 0 saturated carbocycles. The molecule has 38 heavy (non-hydrogen) atoms. The van der Waals surface area contributed by atoms with Crippen LogP contribution in [0.5, 0.6) is 0 Å². The van der Waals surface area contributed by atoms with E-state index in [-0.39, 0.29) is 48.7 Å². The number of aryl methyl sites for hydroxylation is 2. The van der Waals surface area contributed by atoms with E-state index in [0.717, 1.165) is 23.2 Å². The minimum atomic E-state index is -0.806. The average molecular weight is 541 g/mol. The predicted octanol–water partition coefficient (Wildman–Crippen LogP) is 4.05. The summed E-state index contributed by atoms with van der Waals surface area (Å²) in [5.41, 5.74) is 2.73. The number of rotatable bonds is 11. The van der Waals surface area contributed by atoms with Crippen LogP contribution in [0.3, 0.4) is 0 Å². The second-order valence-electron chi connectivity index (χ2n) is 11.0. The number of fused-ring (bicyclic) bond motifs is 1. The Kier molecular flexibility index (Phi) is 8.43. The number of carbonyl (C=O) groups is 3. The van der Waals surface area contributed by atoms with E-state index in [2.05, 4.69) is 13.2 Å². The number of ether oxygens (including phenoxy) is 1. The highest BCUT2D eigenvalue weighted by molar-refractivity contribution is 8.02. The van der Waals surface area contributed by atoms with Gasteiger partial charge in [-0.25, -0.2) is 0 Å². The Labute approximate surface area is 230 Å². The number of aliphatic hydroxyl groups is 1. The Morgan fingerprint density at radius 3 is 2.53 bits per heavy atom. The van der Waals surface area contributed by atoms with E-state index in [9.17, 15) is 19.5 Å². The summed E-state index contributed by atoms with van der Waals surface area (Å²) in [6.45, 7) is 15.7. The third-order valence-corrected chi connectivity index (χ3v) is 10.4. The zero-order valence-corrected chi connectivity index (χ0v) is 23.7. The minimum absolute atomic E-state index is 0.0719. The monoisotopic (exact) mass is 540 g/mol. The second-order valence-corrected chi connectivity index (χ2v) is 12.6. The maximum absolute atomic E-state index is 14.7. The van der Waals surface area contributed by atoms with Gasteiger partial charge in [0.2, 0.25) is 5.91 Å². The van der Waals surface area contributed by atoms with Crippen molar-refractivity contribution in [1.82, 2.24) is 4.90 Å². The van der Waals surface area contributed by atoms with Gasteiger partial charge in [-0.2, -0.15) is 0 Å². The molecule has 2 bridgehead atoms. The lowest BCUT2D eigenvalue weighted by molar-refractivity contribution is -0.154. The summed E-state index contributed by atoms with van der Waals surface area (Å²) < 4.78 is 4.82. The fourth-order valence-corrected chi connectivity index (χ4v) is 8.94. The number of amides is 2. The number of likely N-dealkylation sites (tertiary alicyclic amines) is 1. The number of anilines is 1. The smallest absolute Gasteiger partial charge is 0.310 e. The predicted molar refractivity (Wildman–Crippen MR) is 151 cm³/mol. The zero-order valence-electron chi connectivity index (χ0n) is 22.9. The number of hydrogen-bond acceptors (Lipinski definition) is 6. The van der Waals surface area contributed by atoms with Crippen molar-refractivity contribution in [2.24, 2.45) is 17.8 Å². The molecule has 0 aromatic heterocycles. The van der Waals surface area contributed by atoms with Crippen LogP contribution < -0.4 is 4.90 Å². The quantitative estimate of drug-likeness (QED) is 0.259. The summed E-state index contributed by atoms with van der Waals surface area (Å²) in [5.74, 6) is -2.14. The summed E-state index contributed by atoms with van der Waals surface area (Å²) in [6.07, 6.45) is 5.33. The van der Waals surface area contributed by atoms with Crippen molar-refractivity contribution in [2.45, 2.75) is 69.0 Å². The molecule has 3 fully saturated rings. The Morgan fingerprint density at radius 1 is 1.26 bits per heavy atom. The van der Waals surface area contributed by atoms with Gasteiger partial charge in [0.25, 0.3) is 5.91 Å². The average Bonchev–Trinajstić information content (AvgIpc) is 3.51. The first kappa shape index (κ1) is 28.4. The number of thioether (sulfide) groups is 1. The largest absolute Gasteiger partial charge is 0.465 e. The topological polar surface area (TPSA) is 87.1 Å². The van der Waals surface area contributed by atoms with Crippen molar-refractivity contribution in [3.63, 3.8) is 0 Å². The number of para-hydroxylation sites is 1. The fourth-order valence-electron chi connectivity index (χ4n) is 6.75. The van der Waals surface area contributed by atoms with Crippen molar-refractivity contribution in [2.75, 3.05) is 24.7 Å². The van der Waals surface area contributed by atoms with Gasteiger partial charge in [0, 0.05) is 17.5 Å². The van der Waals surface area contributed by atoms with Gasteiger partial charge in [-0.1, -0.05) is 44.2 Å². The lowest BCUT2D eigenvalue weighted by atomic mass is 9.71. The van der Waals surface area contributed by atoms with Crippen LogP contribution in [0.25, 0.3) is 0 Å². The van der Waals surface area contributed by atoms with Gasteiger partial charge in [0.05, 0.1) is 35.8 Å². The number of benzene rings is 1. The van der Waals surface area contributed by atoms with Crippen LogP contribution in [0.15, 0.2) is 43.5 Å². The van der Waals surface area contributed by atoms with Gasteiger partial charge in [0.1, 0.15) is 6.04 Å². The van der Waals surface area contributed by atoms with Crippen LogP contribution in [0, 0.1) is 31.6 Å². The first-order valence-corrected chi connectivity index (χ1v) is 14.4. The first-order chi connectivity index (χ1) is 18.1. The molecule has 1 aromatic rings. The van der Waals surface area contributed by atoms with Crippen LogP contribution in [0.2, 0.25) is 0 Å². The molecular formula is C30H40N2O5S. The normalized spacial score (nSPS) is 28.4. The summed E-state index contributed by atoms with van der Waals surface area (Å²) in [5, 5.41) is 10.4. The third-order valence-electron chi connectivity index (χ3n) is 8.41. The molecule has 1 N–H and O–H groups in total. The van der Waals surface area contributed by atoms with Crippen molar-refractivity contribution in [3.8, 4) is 0 Å². The van der Waals surface area contributed by atoms with E-state index in [1.807, 2.05) is 45.9 Å². The standard InChI is InChI=1S/C30H40N2O5S/c1-7-9-16-37-29(36)23-22-13-14-30(38-22)24(23)27(34)32(21(17-33)18(3)4)26(30)28(35)31(15-8-2)25-19(5)11-10-12-20(25)6/h7-8,10-12,18,21-24,26,33H,1-2,9,13-17H2,3-6H3/t21-,22+,23-,24-,26?,30?/m0/s1. The van der Waals surface area contributed by atoms with E-state index in [1.165, 1.54) is 0 Å². The van der Waals surface area contributed by atoms with Crippen molar-refractivity contribution in [1.29, 1.82) is 0 Å². The molecule has 4 rings (SSSR count). The SMILES string of the molecule is C=CCCOC(=O)[C@@H]1[C@H]2C(=O)N([C@@H](CO)C(C)C)C(C(=O)N(CC=C)c3c(C)cccc3C)C23CC[C@H]1S3. The van der Waals surface area contributed by atoms with Gasteiger partial charge < -0.3 is 19.6 Å². The van der Waals surface area contributed by atoms with Crippen LogP contribution in [-0.2, 0) is 19.1 Å². The Hall–Kier alpha value is -2.58. The molecule has 3 aliphatic heterocycles. The van der Waals surface area contributed by atoms with E-state index < -0.39 is 28.7 Å². The fraction of sp³-hybridized carbons (Fsp3) is 0.567. The lowest BCUT2D eigenvalue weighted by Gasteiger charge is -2.41. The van der Waals surface area contributed by atoms with E-state index in [1.54, 1.807) is 33.7 Å². The molecule has 8 heteroatoms. The highest BCUT2D eigenvalue weighted by Gasteiger charge is 2.75. The highest BCUT2D eigenvalue weighted by atomic mass is 32.2. The van der Waals surface area contributed by atoms with Crippen molar-refractivity contribution < 1.29 is 24.2 Å². The van der Waals surface area contributed by atoms with Gasteiger partial charge >= 0.3 is 5.97 Å². The summed E-state index contributed by atoms with van der Waals surface area (Å²) >= 11 is 1.61. The van der Waals surface area contributed by atoms with Crippen LogP contribution in [0.4, 0.5) is 5.69 Å². The summed E-state index contributed by atoms with van der Waals surface area (Å²) in [4.78, 5) is 45.6. The maximum atomic E-state index is 14.7. The number of aliphatic hydroxyl groups excluding tert-OH is 1. The summed E-state index contributed by atoms with van der Waals surface area (Å²) in [7, 11) is 0. The zero-order chi connectivity index (χ0) is 27.8. The Morgan fingerprint density at radius 2 is 1.95 bits per heavy atom. The molecule has 1 aromatic carbocycles. The van der Waals surface area contributed by atoms with Crippen LogP contribution >= 0.6 is 11.8 Å². The molecule has 1 spiro atoms. The van der Waals surface area contributed by atoms with Crippen LogP contribution in [0.1, 0.15) is 44.2 Å². The molecular weight excluding hydrogens is 500 g/mol. The van der Waals surface area contributed by atoms with Gasteiger partial charge in [-0.15, -0.1) is 24.9 Å². The molecule has 3 heterocycles. The lowest BCUT2D eigenvalue weighted by Crippen LogP contribution is -2.58. The molecule has 0 aliphatic carbocycles. The van der Waals surface area contributed by atoms with E-state index in [0.29, 0.717) is 12.8 Å². The number of carbonyl (C=O) groups excluding carboxylic acids is 3. The highest BCUT2D eigenvalue weighted by Crippen LogP contribution is 2.67. The third kappa shape index (κ3) is 4.49. The van der Waals surface area contributed by atoms with Gasteiger partial charge in [-0.05, 0) is 50.2 Å². The van der Waals surface area contributed by atoms with Gasteiger partial charge in [-0.3, -0.25) is 14.4 Å². The molecule has 7 nitrogen and oxygen atoms in total. The molecule has 3 saturated heterocycles. The van der Waals surface area contributed by atoms with Gasteiger partial charge in [0.15, 0.2) is 0 Å². The number of esters is 1. The number of nitrogens with zero attached hydrogens (tertiary/aromatic N) is 2. The Bertz CT molecular complexity index is 1100. The molecule has 2 unspecified atom stereocenters. The second kappa shape index (κ2) is 11.3. The van der Waals surface area contributed by atoms with Crippen molar-refractivity contribution in [3.05, 3.63) is 54.6 Å². The van der Waals surface area contributed by atoms with E-state index in [4.69, 9.17) is 4.74 Å². The first-order valence-electron chi connectivity index (χ1n) is 13.5. The molecule has 206 valence electrons. The summed E-state index contributed by atoms with van der Waals surface area (Å²) in [6, 6.07) is 4.56. The molecule has 2 amide bonds. The van der Waals surface area contributed by atoms with Crippen LogP contribution in [-0.4, -0.2) is 69.6 Å². The Balaban J connectivity index is 1.82.